The van der Waals surface area contributed by atoms with Gasteiger partial charge in [-0.3, -0.25) is 0 Å². The third-order valence-corrected chi connectivity index (χ3v) is 2.83. The van der Waals surface area contributed by atoms with Gasteiger partial charge < -0.3 is 10.8 Å². The Morgan fingerprint density at radius 1 is 1.18 bits per heavy atom. The second-order valence-corrected chi connectivity index (χ2v) is 4.18. The van der Waals surface area contributed by atoms with Crippen molar-refractivity contribution in [3.63, 3.8) is 0 Å². The maximum Gasteiger partial charge on any atom is 0.336 e. The van der Waals surface area contributed by atoms with Gasteiger partial charge in [0.05, 0.1) is 17.2 Å². The summed E-state index contributed by atoms with van der Waals surface area (Å²) in [6.45, 7) is 4.00. The Bertz CT molecular complexity index is 728. The molecular formula is C18H18N2O2. The van der Waals surface area contributed by atoms with Crippen molar-refractivity contribution >= 4 is 23.3 Å². The van der Waals surface area contributed by atoms with Gasteiger partial charge in [-0.25, -0.2) is 4.79 Å². The summed E-state index contributed by atoms with van der Waals surface area (Å²) in [5.74, 6) is -1.07. The second kappa shape index (κ2) is 8.28. The molecule has 0 aromatic heterocycles. The summed E-state index contributed by atoms with van der Waals surface area (Å²) in [6, 6.07) is 15.5. The molecule has 0 saturated carbocycles. The number of hydrogen-bond acceptors (Lipinski definition) is 3. The minimum absolute atomic E-state index is 0.0972. The van der Waals surface area contributed by atoms with Crippen LogP contribution in [0.4, 0.5) is 5.69 Å². The van der Waals surface area contributed by atoms with E-state index in [4.69, 9.17) is 11.0 Å². The third-order valence-electron chi connectivity index (χ3n) is 2.83. The standard InChI is InChI=1S/C16H12N2O2.C2H6/c17-10-11-4-3-6-12(8-11)14(16(19)20)9-13-5-1-2-7-15(13)18;1-2/h1-9H,18H2,(H,19,20);1-2H3/b14-9+;. The van der Waals surface area contributed by atoms with Crippen LogP contribution in [0.25, 0.3) is 11.6 Å². The molecule has 0 aliphatic heterocycles. The first kappa shape index (κ1) is 17.0. The number of aliphatic carboxylic acids is 1. The molecule has 4 heteroatoms. The van der Waals surface area contributed by atoms with Crippen molar-refractivity contribution in [3.05, 3.63) is 65.2 Å². The van der Waals surface area contributed by atoms with E-state index in [9.17, 15) is 9.90 Å². The van der Waals surface area contributed by atoms with E-state index in [1.165, 1.54) is 6.08 Å². The summed E-state index contributed by atoms with van der Waals surface area (Å²) >= 11 is 0. The van der Waals surface area contributed by atoms with E-state index >= 15 is 0 Å². The molecule has 0 amide bonds. The summed E-state index contributed by atoms with van der Waals surface area (Å²) in [5.41, 5.74) is 7.93. The molecule has 0 spiro atoms. The van der Waals surface area contributed by atoms with Crippen LogP contribution in [0, 0.1) is 11.3 Å². The van der Waals surface area contributed by atoms with Gasteiger partial charge in [-0.05, 0) is 35.4 Å². The van der Waals surface area contributed by atoms with E-state index in [1.807, 2.05) is 19.9 Å². The minimum Gasteiger partial charge on any atom is -0.478 e. The first-order valence-corrected chi connectivity index (χ1v) is 6.92. The van der Waals surface area contributed by atoms with Crippen LogP contribution in [-0.4, -0.2) is 11.1 Å². The Kier molecular flexibility index (Phi) is 6.39. The van der Waals surface area contributed by atoms with Crippen LogP contribution in [0.5, 0.6) is 0 Å². The number of anilines is 1. The van der Waals surface area contributed by atoms with Gasteiger partial charge in [0.15, 0.2) is 0 Å². The molecule has 22 heavy (non-hydrogen) atoms. The first-order valence-electron chi connectivity index (χ1n) is 6.92. The number of para-hydroxylation sites is 1. The number of nitrogen functional groups attached to an aromatic ring is 1. The maximum atomic E-state index is 11.4. The fourth-order valence-electron chi connectivity index (χ4n) is 1.82. The molecule has 0 saturated heterocycles. The fourth-order valence-corrected chi connectivity index (χ4v) is 1.82. The molecule has 0 fully saturated rings. The van der Waals surface area contributed by atoms with Crippen LogP contribution in [0.3, 0.4) is 0 Å². The number of benzene rings is 2. The highest BCUT2D eigenvalue weighted by Gasteiger charge is 2.11. The Morgan fingerprint density at radius 2 is 1.86 bits per heavy atom. The van der Waals surface area contributed by atoms with Crippen LogP contribution < -0.4 is 5.73 Å². The lowest BCUT2D eigenvalue weighted by atomic mass is 10.0. The highest BCUT2D eigenvalue weighted by molar-refractivity contribution is 6.21. The van der Waals surface area contributed by atoms with E-state index in [2.05, 4.69) is 0 Å². The zero-order valence-corrected chi connectivity index (χ0v) is 12.6. The van der Waals surface area contributed by atoms with Crippen LogP contribution in [0.2, 0.25) is 0 Å². The third kappa shape index (κ3) is 4.22. The highest BCUT2D eigenvalue weighted by atomic mass is 16.4. The van der Waals surface area contributed by atoms with Crippen molar-refractivity contribution in [2.24, 2.45) is 0 Å². The normalized spacial score (nSPS) is 10.1. The Labute approximate surface area is 130 Å². The lowest BCUT2D eigenvalue weighted by Crippen LogP contribution is -2.00. The fraction of sp³-hybridized carbons (Fsp3) is 0.111. The molecule has 0 heterocycles. The molecule has 0 aliphatic carbocycles. The first-order chi connectivity index (χ1) is 10.6. The van der Waals surface area contributed by atoms with Crippen LogP contribution in [0.15, 0.2) is 48.5 Å². The van der Waals surface area contributed by atoms with Gasteiger partial charge in [-0.15, -0.1) is 0 Å². The van der Waals surface area contributed by atoms with Crippen LogP contribution >= 0.6 is 0 Å². The van der Waals surface area contributed by atoms with Crippen molar-refractivity contribution in [1.29, 1.82) is 5.26 Å². The average molecular weight is 294 g/mol. The second-order valence-electron chi connectivity index (χ2n) is 4.18. The number of carbonyl (C=O) groups is 1. The quantitative estimate of drug-likeness (QED) is 0.512. The molecule has 112 valence electrons. The number of nitrogens with zero attached hydrogens (tertiary/aromatic N) is 1. The average Bonchev–Trinajstić information content (AvgIpc) is 2.55. The van der Waals surface area contributed by atoms with Crippen LogP contribution in [0.1, 0.15) is 30.5 Å². The predicted molar refractivity (Wildman–Crippen MR) is 88.9 cm³/mol. The number of nitrogens with two attached hydrogens (primary N) is 1. The van der Waals surface area contributed by atoms with Gasteiger partial charge in [0, 0.05) is 5.69 Å². The number of hydrogen-bond donors (Lipinski definition) is 2. The number of rotatable bonds is 3. The summed E-state index contributed by atoms with van der Waals surface area (Å²) in [7, 11) is 0. The van der Waals surface area contributed by atoms with Crippen LogP contribution in [-0.2, 0) is 4.79 Å². The number of carboxylic acid groups (broad SMARTS) is 1. The molecule has 2 rings (SSSR count). The van der Waals surface area contributed by atoms with Crippen molar-refractivity contribution < 1.29 is 9.90 Å². The predicted octanol–water partition coefficient (Wildman–Crippen LogP) is 3.79. The molecule has 2 aromatic rings. The summed E-state index contributed by atoms with van der Waals surface area (Å²) < 4.78 is 0. The molecule has 2 aromatic carbocycles. The van der Waals surface area contributed by atoms with Crippen molar-refractivity contribution in [2.45, 2.75) is 13.8 Å². The van der Waals surface area contributed by atoms with E-state index in [-0.39, 0.29) is 5.57 Å². The Balaban J connectivity index is 0.00000116. The molecule has 3 N–H and O–H groups in total. The summed E-state index contributed by atoms with van der Waals surface area (Å²) in [4.78, 5) is 11.4. The Morgan fingerprint density at radius 3 is 2.45 bits per heavy atom. The minimum atomic E-state index is -1.07. The van der Waals surface area contributed by atoms with Gasteiger partial charge in [0.1, 0.15) is 0 Å². The van der Waals surface area contributed by atoms with Crippen molar-refractivity contribution in [2.75, 3.05) is 5.73 Å². The molecule has 0 radical (unpaired) electrons. The largest absolute Gasteiger partial charge is 0.478 e. The maximum absolute atomic E-state index is 11.4. The van der Waals surface area contributed by atoms with Crippen molar-refractivity contribution in [1.82, 2.24) is 0 Å². The zero-order chi connectivity index (χ0) is 16.5. The molecule has 0 aliphatic rings. The monoisotopic (exact) mass is 294 g/mol. The van der Waals surface area contributed by atoms with Gasteiger partial charge in [0.2, 0.25) is 0 Å². The molecule has 0 unspecified atom stereocenters. The molecule has 0 atom stereocenters. The zero-order valence-electron chi connectivity index (χ0n) is 12.6. The SMILES string of the molecule is CC.N#Cc1cccc(/C(=C\c2ccccc2N)C(=O)O)c1. The molecule has 4 nitrogen and oxygen atoms in total. The highest BCUT2D eigenvalue weighted by Crippen LogP contribution is 2.22. The number of nitriles is 1. The lowest BCUT2D eigenvalue weighted by Gasteiger charge is -2.05. The van der Waals surface area contributed by atoms with Gasteiger partial charge >= 0.3 is 5.97 Å². The topological polar surface area (TPSA) is 87.1 Å². The van der Waals surface area contributed by atoms with Gasteiger partial charge in [-0.1, -0.05) is 44.2 Å². The van der Waals surface area contributed by atoms with E-state index in [0.717, 1.165) is 0 Å². The van der Waals surface area contributed by atoms with E-state index in [1.54, 1.807) is 48.5 Å². The molecule has 0 bridgehead atoms. The lowest BCUT2D eigenvalue weighted by molar-refractivity contribution is -0.130. The van der Waals surface area contributed by atoms with Gasteiger partial charge in [-0.2, -0.15) is 5.26 Å². The number of carboxylic acids is 1. The van der Waals surface area contributed by atoms with Gasteiger partial charge in [0.25, 0.3) is 0 Å². The van der Waals surface area contributed by atoms with E-state index < -0.39 is 5.97 Å². The van der Waals surface area contributed by atoms with Crippen molar-refractivity contribution in [3.8, 4) is 6.07 Å². The smallest absolute Gasteiger partial charge is 0.336 e. The molecular weight excluding hydrogens is 276 g/mol. The summed E-state index contributed by atoms with van der Waals surface area (Å²) in [6.07, 6.45) is 1.51. The van der Waals surface area contributed by atoms with E-state index in [0.29, 0.717) is 22.4 Å². The summed E-state index contributed by atoms with van der Waals surface area (Å²) in [5, 5.41) is 18.2. The Hall–Kier alpha value is -3.06.